The Hall–Kier alpha value is -1.55. The molecule has 0 bridgehead atoms. The zero-order chi connectivity index (χ0) is 17.6. The van der Waals surface area contributed by atoms with Crippen LogP contribution in [-0.2, 0) is 14.8 Å². The summed E-state index contributed by atoms with van der Waals surface area (Å²) in [5.41, 5.74) is 4.29. The number of sulfonamides is 1. The molecule has 1 fully saturated rings. The molecule has 2 rings (SSSR count). The quantitative estimate of drug-likeness (QED) is 0.392. The second kappa shape index (κ2) is 8.52. The largest absolute Gasteiger partial charge is 0.376 e. The van der Waals surface area contributed by atoms with Gasteiger partial charge < -0.3 is 10.1 Å². The van der Waals surface area contributed by atoms with Crippen LogP contribution in [0.15, 0.2) is 34.3 Å². The minimum Gasteiger partial charge on any atom is -0.376 e. The van der Waals surface area contributed by atoms with Gasteiger partial charge in [-0.2, -0.15) is 5.10 Å². The first-order chi connectivity index (χ1) is 11.4. The fourth-order valence-corrected chi connectivity index (χ4v) is 3.10. The molecule has 1 aromatic carbocycles. The standard InChI is InChI=1S/C15H22N4O3S2/c1-11(12-5-7-14(8-6-12)24(20,21)16-2)18-19-15(23)17-10-13-4-3-9-22-13/h5-8,13,16H,3-4,9-10H2,1-2H3,(H2,17,19,23)/b18-11+. The molecule has 1 saturated heterocycles. The van der Waals surface area contributed by atoms with Crippen molar-refractivity contribution in [1.29, 1.82) is 0 Å². The minimum absolute atomic E-state index is 0.205. The van der Waals surface area contributed by atoms with E-state index in [9.17, 15) is 8.42 Å². The Morgan fingerprint density at radius 1 is 1.38 bits per heavy atom. The third-order valence-electron chi connectivity index (χ3n) is 3.69. The highest BCUT2D eigenvalue weighted by molar-refractivity contribution is 7.89. The topological polar surface area (TPSA) is 91.8 Å². The van der Waals surface area contributed by atoms with Gasteiger partial charge >= 0.3 is 0 Å². The van der Waals surface area contributed by atoms with Crippen molar-refractivity contribution in [3.8, 4) is 0 Å². The van der Waals surface area contributed by atoms with Crippen LogP contribution in [0.4, 0.5) is 0 Å². The van der Waals surface area contributed by atoms with Crippen molar-refractivity contribution in [2.24, 2.45) is 5.10 Å². The SMILES string of the molecule is CNS(=O)(=O)c1ccc(/C(C)=N/NC(=S)NCC2CCCO2)cc1. The van der Waals surface area contributed by atoms with Gasteiger partial charge in [-0.05, 0) is 56.7 Å². The van der Waals surface area contributed by atoms with Crippen molar-refractivity contribution in [1.82, 2.24) is 15.5 Å². The summed E-state index contributed by atoms with van der Waals surface area (Å²) in [7, 11) is -2.05. The molecule has 9 heteroatoms. The Balaban J connectivity index is 1.89. The van der Waals surface area contributed by atoms with Crippen molar-refractivity contribution < 1.29 is 13.2 Å². The molecule has 7 nitrogen and oxygen atoms in total. The summed E-state index contributed by atoms with van der Waals surface area (Å²) < 4.78 is 31.2. The maximum absolute atomic E-state index is 11.7. The van der Waals surface area contributed by atoms with Gasteiger partial charge in [-0.3, -0.25) is 5.43 Å². The molecule has 0 aromatic heterocycles. The number of benzene rings is 1. The van der Waals surface area contributed by atoms with Crippen LogP contribution in [0.1, 0.15) is 25.3 Å². The zero-order valence-electron chi connectivity index (χ0n) is 13.7. The van der Waals surface area contributed by atoms with E-state index in [2.05, 4.69) is 20.6 Å². The fraction of sp³-hybridized carbons (Fsp3) is 0.467. The maximum atomic E-state index is 11.7. The van der Waals surface area contributed by atoms with Crippen molar-refractivity contribution in [2.75, 3.05) is 20.2 Å². The molecule has 0 radical (unpaired) electrons. The zero-order valence-corrected chi connectivity index (χ0v) is 15.3. The first kappa shape index (κ1) is 18.8. The molecule has 24 heavy (non-hydrogen) atoms. The van der Waals surface area contributed by atoms with E-state index in [1.165, 1.54) is 19.2 Å². The van der Waals surface area contributed by atoms with E-state index in [1.807, 2.05) is 6.92 Å². The second-order valence-electron chi connectivity index (χ2n) is 5.39. The number of rotatable bonds is 6. The van der Waals surface area contributed by atoms with Gasteiger partial charge in [0.15, 0.2) is 5.11 Å². The summed E-state index contributed by atoms with van der Waals surface area (Å²) >= 11 is 5.17. The Bertz CT molecular complexity index is 696. The van der Waals surface area contributed by atoms with Gasteiger partial charge in [0.2, 0.25) is 10.0 Å². The van der Waals surface area contributed by atoms with E-state index in [1.54, 1.807) is 12.1 Å². The van der Waals surface area contributed by atoms with Gasteiger partial charge in [0.1, 0.15) is 0 Å². The summed E-state index contributed by atoms with van der Waals surface area (Å²) in [5, 5.41) is 7.71. The van der Waals surface area contributed by atoms with E-state index in [-0.39, 0.29) is 11.0 Å². The van der Waals surface area contributed by atoms with Gasteiger partial charge in [0, 0.05) is 13.2 Å². The van der Waals surface area contributed by atoms with Crippen molar-refractivity contribution >= 4 is 33.1 Å². The molecule has 1 unspecified atom stereocenters. The van der Waals surface area contributed by atoms with Crippen LogP contribution in [0.2, 0.25) is 0 Å². The highest BCUT2D eigenvalue weighted by Crippen LogP contribution is 2.11. The van der Waals surface area contributed by atoms with Crippen molar-refractivity contribution in [2.45, 2.75) is 30.8 Å². The molecule has 0 amide bonds. The number of ether oxygens (including phenoxy) is 1. The van der Waals surface area contributed by atoms with E-state index < -0.39 is 10.0 Å². The molecule has 0 spiro atoms. The number of hydrazone groups is 1. The predicted molar refractivity (Wildman–Crippen MR) is 97.6 cm³/mol. The molecule has 1 heterocycles. The first-order valence-corrected chi connectivity index (χ1v) is 9.55. The van der Waals surface area contributed by atoms with Crippen LogP contribution >= 0.6 is 12.2 Å². The van der Waals surface area contributed by atoms with Crippen LogP contribution in [0.3, 0.4) is 0 Å². The van der Waals surface area contributed by atoms with Crippen molar-refractivity contribution in [3.05, 3.63) is 29.8 Å². The molecule has 0 saturated carbocycles. The molecule has 1 aliphatic rings. The van der Waals surface area contributed by atoms with E-state index in [0.717, 1.165) is 25.0 Å². The predicted octanol–water partition coefficient (Wildman–Crippen LogP) is 0.962. The highest BCUT2D eigenvalue weighted by Gasteiger charge is 2.15. The first-order valence-electron chi connectivity index (χ1n) is 7.66. The molecule has 0 aliphatic carbocycles. The van der Waals surface area contributed by atoms with Gasteiger partial charge in [-0.1, -0.05) is 12.1 Å². The molecule has 1 aliphatic heterocycles. The average molecular weight is 371 g/mol. The lowest BCUT2D eigenvalue weighted by atomic mass is 10.1. The summed E-state index contributed by atoms with van der Waals surface area (Å²) in [6.07, 6.45) is 2.33. The number of hydrogen-bond acceptors (Lipinski definition) is 5. The third kappa shape index (κ3) is 5.23. The molecular weight excluding hydrogens is 348 g/mol. The van der Waals surface area contributed by atoms with Crippen LogP contribution < -0.4 is 15.5 Å². The van der Waals surface area contributed by atoms with E-state index in [0.29, 0.717) is 17.4 Å². The Morgan fingerprint density at radius 3 is 2.67 bits per heavy atom. The Labute approximate surface area is 147 Å². The minimum atomic E-state index is -3.43. The van der Waals surface area contributed by atoms with Crippen LogP contribution in [0, 0.1) is 0 Å². The van der Waals surface area contributed by atoms with Gasteiger partial charge in [0.05, 0.1) is 16.7 Å². The molecular formula is C15H22N4O3S2. The lowest BCUT2D eigenvalue weighted by Gasteiger charge is -2.12. The Morgan fingerprint density at radius 2 is 2.08 bits per heavy atom. The molecule has 1 atom stereocenters. The molecule has 3 N–H and O–H groups in total. The van der Waals surface area contributed by atoms with Crippen LogP contribution in [-0.4, -0.2) is 45.5 Å². The number of hydrogen-bond donors (Lipinski definition) is 3. The summed E-state index contributed by atoms with van der Waals surface area (Å²) in [5.74, 6) is 0. The summed E-state index contributed by atoms with van der Waals surface area (Å²) in [6, 6.07) is 6.48. The maximum Gasteiger partial charge on any atom is 0.240 e. The smallest absolute Gasteiger partial charge is 0.240 e. The normalized spacial score (nSPS) is 18.4. The van der Waals surface area contributed by atoms with Gasteiger partial charge in [0.25, 0.3) is 0 Å². The number of nitrogens with zero attached hydrogens (tertiary/aromatic N) is 1. The van der Waals surface area contributed by atoms with Crippen LogP contribution in [0.25, 0.3) is 0 Å². The molecule has 132 valence electrons. The highest BCUT2D eigenvalue weighted by atomic mass is 32.2. The second-order valence-corrected chi connectivity index (χ2v) is 7.68. The summed E-state index contributed by atoms with van der Waals surface area (Å²) in [6.45, 7) is 3.29. The van der Waals surface area contributed by atoms with Crippen molar-refractivity contribution in [3.63, 3.8) is 0 Å². The lowest BCUT2D eigenvalue weighted by Crippen LogP contribution is -2.37. The van der Waals surface area contributed by atoms with Crippen LogP contribution in [0.5, 0.6) is 0 Å². The van der Waals surface area contributed by atoms with E-state index >= 15 is 0 Å². The molecule has 1 aromatic rings. The average Bonchev–Trinajstić information content (AvgIpc) is 3.11. The number of thiocarbonyl (C=S) groups is 1. The van der Waals surface area contributed by atoms with E-state index in [4.69, 9.17) is 17.0 Å². The monoisotopic (exact) mass is 370 g/mol. The number of nitrogens with one attached hydrogen (secondary N) is 3. The summed E-state index contributed by atoms with van der Waals surface area (Å²) in [4.78, 5) is 0.211. The fourth-order valence-electron chi connectivity index (χ4n) is 2.24. The van der Waals surface area contributed by atoms with Gasteiger partial charge in [-0.15, -0.1) is 0 Å². The lowest BCUT2D eigenvalue weighted by molar-refractivity contribution is 0.114. The van der Waals surface area contributed by atoms with Gasteiger partial charge in [-0.25, -0.2) is 13.1 Å². The Kier molecular flexibility index (Phi) is 6.67. The third-order valence-corrected chi connectivity index (χ3v) is 5.36.